The molecular formula is C13H15NO6. The summed E-state index contributed by atoms with van der Waals surface area (Å²) in [6.45, 7) is 3.10. The van der Waals surface area contributed by atoms with Crippen LogP contribution in [0.5, 0.6) is 0 Å². The minimum atomic E-state index is -0.891. The number of ketones is 1. The largest absolute Gasteiger partial charge is 0.457 e. The predicted octanol–water partition coefficient (Wildman–Crippen LogP) is 1.46. The maximum atomic E-state index is 11.6. The van der Waals surface area contributed by atoms with E-state index < -0.39 is 16.8 Å². The number of Topliss-reactive ketones (excluding diaryl/α,β-unsaturated/α-hetero) is 1. The lowest BCUT2D eigenvalue weighted by Crippen LogP contribution is -2.22. The topological polar surface area (TPSA) is 95.7 Å². The van der Waals surface area contributed by atoms with Crippen molar-refractivity contribution in [2.24, 2.45) is 0 Å². The van der Waals surface area contributed by atoms with Crippen LogP contribution in [0.1, 0.15) is 25.0 Å². The monoisotopic (exact) mass is 281 g/mol. The average molecular weight is 281 g/mol. The molecule has 0 spiro atoms. The number of hydrogen-bond acceptors (Lipinski definition) is 6. The Labute approximate surface area is 115 Å². The summed E-state index contributed by atoms with van der Waals surface area (Å²) >= 11 is 0. The van der Waals surface area contributed by atoms with E-state index >= 15 is 0 Å². The van der Waals surface area contributed by atoms with Gasteiger partial charge < -0.3 is 9.57 Å². The van der Waals surface area contributed by atoms with Crippen LogP contribution in [0.3, 0.4) is 0 Å². The highest BCUT2D eigenvalue weighted by Gasteiger charge is 2.17. The van der Waals surface area contributed by atoms with E-state index in [9.17, 15) is 19.7 Å². The average Bonchev–Trinajstić information content (AvgIpc) is 2.36. The zero-order valence-electron chi connectivity index (χ0n) is 11.2. The van der Waals surface area contributed by atoms with Crippen molar-refractivity contribution in [3.63, 3.8) is 0 Å². The minimum Gasteiger partial charge on any atom is -0.457 e. The molecule has 1 aromatic carbocycles. The lowest BCUT2D eigenvalue weighted by atomic mass is 10.1. The number of benzene rings is 1. The molecule has 0 unspecified atom stereocenters. The quantitative estimate of drug-likeness (QED) is 0.325. The van der Waals surface area contributed by atoms with Crippen molar-refractivity contribution in [3.8, 4) is 0 Å². The van der Waals surface area contributed by atoms with Gasteiger partial charge in [0.15, 0.2) is 0 Å². The van der Waals surface area contributed by atoms with Crippen LogP contribution in [-0.2, 0) is 32.2 Å². The van der Waals surface area contributed by atoms with Gasteiger partial charge in [0.2, 0.25) is 5.78 Å². The molecule has 108 valence electrons. The van der Waals surface area contributed by atoms with E-state index in [4.69, 9.17) is 4.74 Å². The second-order valence-electron chi connectivity index (χ2n) is 4.37. The van der Waals surface area contributed by atoms with Crippen LogP contribution in [-0.4, -0.2) is 22.9 Å². The molecule has 0 amide bonds. The fourth-order valence-corrected chi connectivity index (χ4v) is 1.49. The van der Waals surface area contributed by atoms with Crippen molar-refractivity contribution in [3.05, 3.63) is 45.5 Å². The third kappa shape index (κ3) is 5.47. The first kappa shape index (κ1) is 15.6. The highest BCUT2D eigenvalue weighted by molar-refractivity contribution is 6.34. The molecule has 0 aliphatic heterocycles. The lowest BCUT2D eigenvalue weighted by Gasteiger charge is -2.07. The van der Waals surface area contributed by atoms with Gasteiger partial charge in [-0.3, -0.25) is 4.79 Å². The summed E-state index contributed by atoms with van der Waals surface area (Å²) in [4.78, 5) is 37.3. The number of hydrogen-bond donors (Lipinski definition) is 0. The van der Waals surface area contributed by atoms with E-state index in [-0.39, 0.29) is 19.1 Å². The zero-order chi connectivity index (χ0) is 15.1. The molecule has 0 saturated carbocycles. The molecule has 20 heavy (non-hydrogen) atoms. The van der Waals surface area contributed by atoms with Crippen LogP contribution < -0.4 is 0 Å². The van der Waals surface area contributed by atoms with Gasteiger partial charge in [-0.05, 0) is 25.0 Å². The summed E-state index contributed by atoms with van der Waals surface area (Å²) in [6, 6.07) is 6.49. The summed E-state index contributed by atoms with van der Waals surface area (Å²) in [7, 11) is 0. The lowest BCUT2D eigenvalue weighted by molar-refractivity contribution is -0.763. The van der Waals surface area contributed by atoms with Gasteiger partial charge in [-0.1, -0.05) is 24.3 Å². The molecule has 0 saturated heterocycles. The van der Waals surface area contributed by atoms with E-state index in [0.29, 0.717) is 11.1 Å². The second kappa shape index (κ2) is 7.22. The Morgan fingerprint density at radius 1 is 1.30 bits per heavy atom. The van der Waals surface area contributed by atoms with E-state index in [1.807, 2.05) is 0 Å². The van der Waals surface area contributed by atoms with Crippen LogP contribution in [0.15, 0.2) is 24.3 Å². The molecule has 7 nitrogen and oxygen atoms in total. The fraction of sp³-hybridized carbons (Fsp3) is 0.385. The summed E-state index contributed by atoms with van der Waals surface area (Å²) in [6.07, 6.45) is -0.469. The summed E-state index contributed by atoms with van der Waals surface area (Å²) < 4.78 is 4.79. The highest BCUT2D eigenvalue weighted by atomic mass is 16.9. The third-order valence-electron chi connectivity index (χ3n) is 2.26. The molecule has 1 rings (SSSR count). The standard InChI is InChI=1S/C13H15NO6/c1-9(2)20-13(16)12(15)7-10-4-3-5-11(6-10)8-19-14(17)18/h3-6,9H,7-8H2,1-2H3. The molecule has 0 atom stereocenters. The Morgan fingerprint density at radius 2 is 1.95 bits per heavy atom. The molecular weight excluding hydrogens is 266 g/mol. The molecule has 0 fully saturated rings. The Kier molecular flexibility index (Phi) is 5.64. The maximum absolute atomic E-state index is 11.6. The van der Waals surface area contributed by atoms with Crippen LogP contribution >= 0.6 is 0 Å². The van der Waals surface area contributed by atoms with Crippen molar-refractivity contribution >= 4 is 11.8 Å². The van der Waals surface area contributed by atoms with Gasteiger partial charge in [-0.2, -0.15) is 0 Å². The van der Waals surface area contributed by atoms with Crippen LogP contribution in [0.2, 0.25) is 0 Å². The predicted molar refractivity (Wildman–Crippen MR) is 68.2 cm³/mol. The molecule has 0 N–H and O–H groups in total. The van der Waals surface area contributed by atoms with Crippen molar-refractivity contribution in [1.82, 2.24) is 0 Å². The van der Waals surface area contributed by atoms with E-state index in [0.717, 1.165) is 0 Å². The van der Waals surface area contributed by atoms with E-state index in [1.165, 1.54) is 0 Å². The van der Waals surface area contributed by atoms with Gasteiger partial charge in [0.1, 0.15) is 6.61 Å². The van der Waals surface area contributed by atoms with Gasteiger partial charge in [0, 0.05) is 6.42 Å². The van der Waals surface area contributed by atoms with Gasteiger partial charge in [0.25, 0.3) is 5.09 Å². The van der Waals surface area contributed by atoms with Gasteiger partial charge in [0.05, 0.1) is 6.10 Å². The minimum absolute atomic E-state index is 0.113. The Bertz CT molecular complexity index is 511. The Morgan fingerprint density at radius 3 is 2.55 bits per heavy atom. The van der Waals surface area contributed by atoms with Gasteiger partial charge >= 0.3 is 5.97 Å². The van der Waals surface area contributed by atoms with Crippen molar-refractivity contribution in [1.29, 1.82) is 0 Å². The SMILES string of the molecule is CC(C)OC(=O)C(=O)Cc1cccc(CO[N+](=O)[O-])c1. The highest BCUT2D eigenvalue weighted by Crippen LogP contribution is 2.08. The first-order chi connectivity index (χ1) is 9.38. The van der Waals surface area contributed by atoms with E-state index in [2.05, 4.69) is 4.84 Å². The summed E-state index contributed by atoms with van der Waals surface area (Å²) in [5.74, 6) is -1.54. The maximum Gasteiger partial charge on any atom is 0.375 e. The molecule has 0 radical (unpaired) electrons. The molecule has 0 aromatic heterocycles. The number of nitrogens with zero attached hydrogens (tertiary/aromatic N) is 1. The number of carbonyl (C=O) groups is 2. The second-order valence-corrected chi connectivity index (χ2v) is 4.37. The number of esters is 1. The zero-order valence-corrected chi connectivity index (χ0v) is 11.2. The molecule has 1 aromatic rings. The van der Waals surface area contributed by atoms with Crippen LogP contribution in [0.25, 0.3) is 0 Å². The van der Waals surface area contributed by atoms with E-state index in [1.54, 1.807) is 38.1 Å². The third-order valence-corrected chi connectivity index (χ3v) is 2.26. The van der Waals surface area contributed by atoms with Crippen molar-refractivity contribution in [2.75, 3.05) is 0 Å². The first-order valence-electron chi connectivity index (χ1n) is 5.97. The number of carbonyl (C=O) groups excluding carboxylic acids is 2. The fourth-order valence-electron chi connectivity index (χ4n) is 1.49. The smallest absolute Gasteiger partial charge is 0.375 e. The van der Waals surface area contributed by atoms with Gasteiger partial charge in [-0.25, -0.2) is 4.79 Å². The molecule has 0 aliphatic rings. The van der Waals surface area contributed by atoms with Crippen molar-refractivity contribution in [2.45, 2.75) is 33.0 Å². The number of rotatable bonds is 7. The Hall–Kier alpha value is -2.44. The van der Waals surface area contributed by atoms with Gasteiger partial charge in [-0.15, -0.1) is 10.1 Å². The molecule has 0 heterocycles. The molecule has 7 heteroatoms. The van der Waals surface area contributed by atoms with Crippen LogP contribution in [0, 0.1) is 10.1 Å². The first-order valence-corrected chi connectivity index (χ1v) is 5.97. The molecule has 0 aliphatic carbocycles. The summed E-state index contributed by atoms with van der Waals surface area (Å²) in [5, 5.41) is 9.20. The van der Waals surface area contributed by atoms with Crippen molar-refractivity contribution < 1.29 is 24.3 Å². The normalized spacial score (nSPS) is 10.2. The number of ether oxygens (including phenoxy) is 1. The summed E-state index contributed by atoms with van der Waals surface area (Å²) in [5.41, 5.74) is 1.12. The Balaban J connectivity index is 2.63. The molecule has 0 bridgehead atoms. The van der Waals surface area contributed by atoms with Crippen LogP contribution in [0.4, 0.5) is 0 Å².